The number of halogens is 1. The lowest BCUT2D eigenvalue weighted by Gasteiger charge is -2.30. The van der Waals surface area contributed by atoms with E-state index in [9.17, 15) is 9.59 Å². The molecule has 2 heterocycles. The fourth-order valence-electron chi connectivity index (χ4n) is 2.73. The monoisotopic (exact) mass is 339 g/mol. The zero-order valence-electron chi connectivity index (χ0n) is 13.7. The van der Waals surface area contributed by atoms with Crippen LogP contribution in [0.15, 0.2) is 6.08 Å². The second-order valence-electron chi connectivity index (χ2n) is 5.62. The maximum atomic E-state index is 12.3. The molecule has 1 atom stereocenters. The Morgan fingerprint density at radius 3 is 2.83 bits per heavy atom. The van der Waals surface area contributed by atoms with Crippen molar-refractivity contribution in [3.63, 3.8) is 0 Å². The van der Waals surface area contributed by atoms with Crippen LogP contribution in [0.2, 0.25) is 5.15 Å². The molecule has 0 aliphatic carbocycles. The summed E-state index contributed by atoms with van der Waals surface area (Å²) in [6, 6.07) is 0. The van der Waals surface area contributed by atoms with Crippen molar-refractivity contribution < 1.29 is 14.3 Å². The molecule has 1 aliphatic heterocycles. The fourth-order valence-corrected chi connectivity index (χ4v) is 2.96. The Morgan fingerprint density at radius 2 is 2.22 bits per heavy atom. The molecule has 0 saturated carbocycles. The van der Waals surface area contributed by atoms with Crippen LogP contribution in [-0.2, 0) is 21.4 Å². The number of rotatable bonds is 4. The SMILES string of the molecule is CCOC(=O)[C@H]1CCCN(C(=O)/C=C\c2c(C)nn(C)c2Cl)C1. The smallest absolute Gasteiger partial charge is 0.310 e. The highest BCUT2D eigenvalue weighted by Crippen LogP contribution is 2.21. The number of likely N-dealkylation sites (tertiary alicyclic amines) is 1. The van der Waals surface area contributed by atoms with Gasteiger partial charge in [0.25, 0.3) is 0 Å². The topological polar surface area (TPSA) is 64.4 Å². The highest BCUT2D eigenvalue weighted by Gasteiger charge is 2.28. The summed E-state index contributed by atoms with van der Waals surface area (Å²) in [6.07, 6.45) is 4.74. The van der Waals surface area contributed by atoms with Crippen LogP contribution in [-0.4, -0.2) is 46.3 Å². The average Bonchev–Trinajstić information content (AvgIpc) is 2.78. The quantitative estimate of drug-likeness (QED) is 0.623. The van der Waals surface area contributed by atoms with Gasteiger partial charge in [-0.1, -0.05) is 11.6 Å². The van der Waals surface area contributed by atoms with Crippen LogP contribution in [0.1, 0.15) is 31.0 Å². The Labute approximate surface area is 141 Å². The minimum Gasteiger partial charge on any atom is -0.466 e. The minimum atomic E-state index is -0.232. The molecule has 6 nitrogen and oxygen atoms in total. The van der Waals surface area contributed by atoms with E-state index in [4.69, 9.17) is 16.3 Å². The molecule has 1 aromatic rings. The summed E-state index contributed by atoms with van der Waals surface area (Å²) in [5, 5.41) is 4.70. The summed E-state index contributed by atoms with van der Waals surface area (Å²) in [5.41, 5.74) is 1.51. The molecule has 1 aliphatic rings. The predicted molar refractivity (Wildman–Crippen MR) is 87.9 cm³/mol. The zero-order valence-corrected chi connectivity index (χ0v) is 14.5. The first-order valence-electron chi connectivity index (χ1n) is 7.76. The Bertz CT molecular complexity index is 624. The molecule has 1 fully saturated rings. The first kappa shape index (κ1) is 17.5. The van der Waals surface area contributed by atoms with Crippen molar-refractivity contribution in [2.75, 3.05) is 19.7 Å². The van der Waals surface area contributed by atoms with Crippen molar-refractivity contribution in [3.05, 3.63) is 22.5 Å². The van der Waals surface area contributed by atoms with Crippen molar-refractivity contribution in [1.29, 1.82) is 0 Å². The number of aryl methyl sites for hydroxylation is 2. The molecule has 1 aromatic heterocycles. The second kappa shape index (κ2) is 7.64. The fraction of sp³-hybridized carbons (Fsp3) is 0.562. The van der Waals surface area contributed by atoms with Gasteiger partial charge in [-0.2, -0.15) is 5.10 Å². The molecule has 0 spiro atoms. The van der Waals surface area contributed by atoms with E-state index in [1.807, 2.05) is 6.92 Å². The molecule has 126 valence electrons. The molecule has 0 N–H and O–H groups in total. The number of esters is 1. The standard InChI is InChI=1S/C16H22ClN3O3/c1-4-23-16(22)12-6-5-9-20(10-12)14(21)8-7-13-11(2)18-19(3)15(13)17/h7-8,12H,4-6,9-10H2,1-3H3/b8-7-/t12-/m0/s1. The predicted octanol–water partition coefficient (Wildman–Crippen LogP) is 2.20. The Kier molecular flexibility index (Phi) is 5.82. The number of amides is 1. The van der Waals surface area contributed by atoms with Gasteiger partial charge in [0.05, 0.1) is 18.2 Å². The molecular formula is C16H22ClN3O3. The van der Waals surface area contributed by atoms with E-state index in [0.29, 0.717) is 24.8 Å². The van der Waals surface area contributed by atoms with Gasteiger partial charge in [0, 0.05) is 31.8 Å². The summed E-state index contributed by atoms with van der Waals surface area (Å²) in [6.45, 7) is 5.04. The van der Waals surface area contributed by atoms with Gasteiger partial charge in [0.15, 0.2) is 0 Å². The Morgan fingerprint density at radius 1 is 1.48 bits per heavy atom. The summed E-state index contributed by atoms with van der Waals surface area (Å²) < 4.78 is 6.62. The molecule has 1 saturated heterocycles. The van der Waals surface area contributed by atoms with E-state index >= 15 is 0 Å². The van der Waals surface area contributed by atoms with Gasteiger partial charge in [0.2, 0.25) is 5.91 Å². The molecule has 0 radical (unpaired) electrons. The lowest BCUT2D eigenvalue weighted by Crippen LogP contribution is -2.42. The largest absolute Gasteiger partial charge is 0.466 e. The van der Waals surface area contributed by atoms with Crippen molar-refractivity contribution >= 4 is 29.6 Å². The second-order valence-corrected chi connectivity index (χ2v) is 5.98. The first-order valence-corrected chi connectivity index (χ1v) is 8.14. The summed E-state index contributed by atoms with van der Waals surface area (Å²) in [5.74, 6) is -0.580. The highest BCUT2D eigenvalue weighted by atomic mass is 35.5. The number of piperidine rings is 1. The molecular weight excluding hydrogens is 318 g/mol. The van der Waals surface area contributed by atoms with E-state index in [0.717, 1.165) is 24.1 Å². The molecule has 7 heteroatoms. The highest BCUT2D eigenvalue weighted by molar-refractivity contribution is 6.31. The molecule has 23 heavy (non-hydrogen) atoms. The molecule has 0 aromatic carbocycles. The third-order valence-electron chi connectivity index (χ3n) is 3.94. The first-order chi connectivity index (χ1) is 10.9. The lowest BCUT2D eigenvalue weighted by atomic mass is 9.98. The van der Waals surface area contributed by atoms with Crippen LogP contribution in [0.5, 0.6) is 0 Å². The minimum absolute atomic E-state index is 0.127. The maximum Gasteiger partial charge on any atom is 0.310 e. The molecule has 2 rings (SSSR count). The van der Waals surface area contributed by atoms with Crippen LogP contribution in [0.3, 0.4) is 0 Å². The van der Waals surface area contributed by atoms with Crippen LogP contribution in [0.25, 0.3) is 6.08 Å². The van der Waals surface area contributed by atoms with Crippen LogP contribution in [0, 0.1) is 12.8 Å². The lowest BCUT2D eigenvalue weighted by molar-refractivity contribution is -0.150. The molecule has 1 amide bonds. The molecule has 0 bridgehead atoms. The number of nitrogens with zero attached hydrogens (tertiary/aromatic N) is 3. The van der Waals surface area contributed by atoms with Gasteiger partial charge in [-0.3, -0.25) is 14.3 Å². The van der Waals surface area contributed by atoms with Crippen molar-refractivity contribution in [3.8, 4) is 0 Å². The van der Waals surface area contributed by atoms with Gasteiger partial charge in [0.1, 0.15) is 5.15 Å². The van der Waals surface area contributed by atoms with Gasteiger partial charge >= 0.3 is 5.97 Å². The van der Waals surface area contributed by atoms with Gasteiger partial charge in [-0.15, -0.1) is 0 Å². The third-order valence-corrected chi connectivity index (χ3v) is 4.39. The van der Waals surface area contributed by atoms with E-state index in [2.05, 4.69) is 5.10 Å². The summed E-state index contributed by atoms with van der Waals surface area (Å²) in [7, 11) is 1.75. The van der Waals surface area contributed by atoms with E-state index in [1.54, 1.807) is 29.6 Å². The van der Waals surface area contributed by atoms with Gasteiger partial charge in [-0.25, -0.2) is 0 Å². The van der Waals surface area contributed by atoms with Crippen LogP contribution in [0.4, 0.5) is 0 Å². The third kappa shape index (κ3) is 4.13. The zero-order chi connectivity index (χ0) is 17.0. The maximum absolute atomic E-state index is 12.3. The van der Waals surface area contributed by atoms with Gasteiger partial charge in [-0.05, 0) is 32.8 Å². The van der Waals surface area contributed by atoms with E-state index in [1.165, 1.54) is 6.08 Å². The van der Waals surface area contributed by atoms with Crippen LogP contribution >= 0.6 is 11.6 Å². The Balaban J connectivity index is 2.02. The number of ether oxygens (including phenoxy) is 1. The molecule has 0 unspecified atom stereocenters. The van der Waals surface area contributed by atoms with Crippen molar-refractivity contribution in [1.82, 2.24) is 14.7 Å². The summed E-state index contributed by atoms with van der Waals surface area (Å²) in [4.78, 5) is 25.9. The number of carbonyl (C=O) groups excluding carboxylic acids is 2. The normalized spacial score (nSPS) is 18.4. The summed E-state index contributed by atoms with van der Waals surface area (Å²) >= 11 is 6.15. The van der Waals surface area contributed by atoms with Crippen molar-refractivity contribution in [2.45, 2.75) is 26.7 Å². The average molecular weight is 340 g/mol. The van der Waals surface area contributed by atoms with E-state index in [-0.39, 0.29) is 17.8 Å². The van der Waals surface area contributed by atoms with E-state index < -0.39 is 0 Å². The van der Waals surface area contributed by atoms with Crippen molar-refractivity contribution in [2.24, 2.45) is 13.0 Å². The van der Waals surface area contributed by atoms with Crippen LogP contribution < -0.4 is 0 Å². The van der Waals surface area contributed by atoms with Gasteiger partial charge < -0.3 is 9.64 Å². The number of hydrogen-bond donors (Lipinski definition) is 0. The number of hydrogen-bond acceptors (Lipinski definition) is 4. The number of carbonyl (C=O) groups is 2. The number of aromatic nitrogens is 2. The Hall–Kier alpha value is -1.82.